The number of carboxylic acid groups (broad SMARTS) is 1. The molecule has 0 aliphatic rings. The van der Waals surface area contributed by atoms with Crippen LogP contribution in [0.5, 0.6) is 5.75 Å². The molecule has 0 aliphatic carbocycles. The highest BCUT2D eigenvalue weighted by Gasteiger charge is 2.20. The average Bonchev–Trinajstić information content (AvgIpc) is 2.71. The number of rotatable bonds is 13. The smallest absolute Gasteiger partial charge is 0.303 e. The molecule has 1 atom stereocenters. The average molecular weight is 454 g/mol. The minimum Gasteiger partial charge on any atom is -0.481 e. The van der Waals surface area contributed by atoms with Crippen LogP contribution in [0.4, 0.5) is 5.69 Å². The fraction of sp³-hybridized carbons (Fsp3) is 0.350. The Balaban J connectivity index is 2.00. The second-order valence-corrected chi connectivity index (χ2v) is 9.59. The van der Waals surface area contributed by atoms with Crippen molar-refractivity contribution >= 4 is 33.4 Å². The van der Waals surface area contributed by atoms with E-state index in [2.05, 4.69) is 10.2 Å². The van der Waals surface area contributed by atoms with Gasteiger partial charge in [0.05, 0.1) is 4.90 Å². The van der Waals surface area contributed by atoms with E-state index in [4.69, 9.17) is 15.7 Å². The van der Waals surface area contributed by atoms with Gasteiger partial charge in [0.2, 0.25) is 10.0 Å². The van der Waals surface area contributed by atoms with Crippen LogP contribution in [0.1, 0.15) is 25.3 Å². The van der Waals surface area contributed by atoms with Crippen LogP contribution in [0.15, 0.2) is 53.4 Å². The zero-order valence-electron chi connectivity index (χ0n) is 16.7. The number of thioether (sulfide) groups is 1. The van der Waals surface area contributed by atoms with Crippen molar-refractivity contribution in [1.29, 1.82) is 0 Å². The number of benzene rings is 2. The first kappa shape index (κ1) is 24.0. The molecular formula is C20H27N3O5S2. The maximum Gasteiger partial charge on any atom is 0.303 e. The molecule has 30 heavy (non-hydrogen) atoms. The monoisotopic (exact) mass is 453 g/mol. The Morgan fingerprint density at radius 3 is 2.43 bits per heavy atom. The number of hydrogen-bond acceptors (Lipinski definition) is 7. The number of anilines is 1. The normalized spacial score (nSPS) is 12.4. The molecule has 10 heteroatoms. The molecular weight excluding hydrogens is 426 g/mol. The number of nitrogens with one attached hydrogen (secondary N) is 2. The SMILES string of the molecule is CCSCC[C@@H](NOc1ccc(CCC(=O)O)cc1)NS(=O)(=O)c1ccc(N)cc1. The van der Waals surface area contributed by atoms with Gasteiger partial charge in [-0.25, -0.2) is 8.42 Å². The molecule has 0 amide bonds. The summed E-state index contributed by atoms with van der Waals surface area (Å²) in [7, 11) is -3.75. The van der Waals surface area contributed by atoms with Crippen molar-refractivity contribution in [2.45, 2.75) is 37.2 Å². The van der Waals surface area contributed by atoms with Crippen LogP contribution >= 0.6 is 11.8 Å². The van der Waals surface area contributed by atoms with Crippen molar-refractivity contribution in [1.82, 2.24) is 10.2 Å². The van der Waals surface area contributed by atoms with Gasteiger partial charge in [-0.05, 0) is 66.3 Å². The van der Waals surface area contributed by atoms with E-state index in [0.717, 1.165) is 17.1 Å². The summed E-state index contributed by atoms with van der Waals surface area (Å²) in [4.78, 5) is 16.3. The summed E-state index contributed by atoms with van der Waals surface area (Å²) in [6.45, 7) is 2.04. The minimum absolute atomic E-state index is 0.0581. The second-order valence-electron chi connectivity index (χ2n) is 6.49. The van der Waals surface area contributed by atoms with E-state index in [1.54, 1.807) is 36.0 Å². The highest BCUT2D eigenvalue weighted by molar-refractivity contribution is 7.99. The van der Waals surface area contributed by atoms with Gasteiger partial charge in [-0.1, -0.05) is 19.1 Å². The third-order valence-corrected chi connectivity index (χ3v) is 6.53. The first-order chi connectivity index (χ1) is 14.3. The van der Waals surface area contributed by atoms with E-state index in [1.165, 1.54) is 24.3 Å². The topological polar surface area (TPSA) is 131 Å². The summed E-state index contributed by atoms with van der Waals surface area (Å²) < 4.78 is 28.0. The third kappa shape index (κ3) is 8.23. The van der Waals surface area contributed by atoms with Crippen LogP contribution < -0.4 is 20.8 Å². The maximum absolute atomic E-state index is 12.7. The predicted molar refractivity (Wildman–Crippen MR) is 119 cm³/mol. The van der Waals surface area contributed by atoms with E-state index in [9.17, 15) is 13.2 Å². The highest BCUT2D eigenvalue weighted by Crippen LogP contribution is 2.15. The van der Waals surface area contributed by atoms with Gasteiger partial charge in [0.15, 0.2) is 0 Å². The zero-order chi connectivity index (χ0) is 22.0. The molecule has 2 rings (SSSR count). The molecule has 0 heterocycles. The van der Waals surface area contributed by atoms with Crippen LogP contribution in [0.25, 0.3) is 0 Å². The van der Waals surface area contributed by atoms with Crippen molar-refractivity contribution in [3.05, 3.63) is 54.1 Å². The quantitative estimate of drug-likeness (QED) is 0.158. The molecule has 0 bridgehead atoms. The van der Waals surface area contributed by atoms with E-state index >= 15 is 0 Å². The Morgan fingerprint density at radius 2 is 1.83 bits per heavy atom. The fourth-order valence-electron chi connectivity index (χ4n) is 2.50. The Hall–Kier alpha value is -2.27. The fourth-order valence-corrected chi connectivity index (χ4v) is 4.37. The second kappa shape index (κ2) is 11.8. The van der Waals surface area contributed by atoms with E-state index in [-0.39, 0.29) is 11.3 Å². The number of nitrogens with two attached hydrogens (primary N) is 1. The Morgan fingerprint density at radius 1 is 1.17 bits per heavy atom. The summed E-state index contributed by atoms with van der Waals surface area (Å²) in [6.07, 6.45) is 0.367. The number of aliphatic carboxylic acids is 1. The molecule has 0 unspecified atom stereocenters. The summed E-state index contributed by atoms with van der Waals surface area (Å²) >= 11 is 1.70. The van der Waals surface area contributed by atoms with Gasteiger partial charge in [-0.15, -0.1) is 5.48 Å². The maximum atomic E-state index is 12.7. The van der Waals surface area contributed by atoms with Crippen molar-refractivity contribution in [3.63, 3.8) is 0 Å². The summed E-state index contributed by atoms with van der Waals surface area (Å²) in [5.41, 5.74) is 9.77. The Bertz CT molecular complexity index is 903. The lowest BCUT2D eigenvalue weighted by Crippen LogP contribution is -2.47. The number of sulfonamides is 1. The van der Waals surface area contributed by atoms with E-state index in [1.807, 2.05) is 6.92 Å². The lowest BCUT2D eigenvalue weighted by atomic mass is 10.1. The first-order valence-corrected chi connectivity index (χ1v) is 12.1. The van der Waals surface area contributed by atoms with Gasteiger partial charge < -0.3 is 15.7 Å². The molecule has 0 aromatic heterocycles. The largest absolute Gasteiger partial charge is 0.481 e. The van der Waals surface area contributed by atoms with Crippen molar-refractivity contribution in [2.24, 2.45) is 0 Å². The molecule has 8 nitrogen and oxygen atoms in total. The van der Waals surface area contributed by atoms with Gasteiger partial charge in [0, 0.05) is 12.1 Å². The molecule has 5 N–H and O–H groups in total. The minimum atomic E-state index is -3.75. The summed E-state index contributed by atoms with van der Waals surface area (Å²) in [5.74, 6) is 1.32. The number of carbonyl (C=O) groups is 1. The molecule has 0 fully saturated rings. The van der Waals surface area contributed by atoms with Crippen molar-refractivity contribution < 1.29 is 23.2 Å². The molecule has 0 saturated heterocycles. The third-order valence-electron chi connectivity index (χ3n) is 4.11. The Kier molecular flexibility index (Phi) is 9.44. The lowest BCUT2D eigenvalue weighted by Gasteiger charge is -2.20. The molecule has 0 radical (unpaired) electrons. The van der Waals surface area contributed by atoms with Gasteiger partial charge in [-0.2, -0.15) is 16.5 Å². The molecule has 164 valence electrons. The number of carboxylic acids is 1. The number of aryl methyl sites for hydroxylation is 1. The van der Waals surface area contributed by atoms with E-state index < -0.39 is 22.2 Å². The van der Waals surface area contributed by atoms with Gasteiger partial charge in [0.25, 0.3) is 0 Å². The summed E-state index contributed by atoms with van der Waals surface area (Å²) in [5, 5.41) is 8.75. The van der Waals surface area contributed by atoms with Crippen LogP contribution in [0.2, 0.25) is 0 Å². The zero-order valence-corrected chi connectivity index (χ0v) is 18.3. The number of hydroxylamine groups is 1. The van der Waals surface area contributed by atoms with Crippen LogP contribution in [-0.4, -0.2) is 37.2 Å². The van der Waals surface area contributed by atoms with Crippen LogP contribution in [-0.2, 0) is 21.2 Å². The molecule has 2 aromatic rings. The van der Waals surface area contributed by atoms with Crippen LogP contribution in [0.3, 0.4) is 0 Å². The van der Waals surface area contributed by atoms with Gasteiger partial charge >= 0.3 is 5.97 Å². The van der Waals surface area contributed by atoms with Crippen molar-refractivity contribution in [2.75, 3.05) is 17.2 Å². The van der Waals surface area contributed by atoms with E-state index in [0.29, 0.717) is 24.3 Å². The van der Waals surface area contributed by atoms with Crippen molar-refractivity contribution in [3.8, 4) is 5.75 Å². The standard InChI is InChI=1S/C20H27N3O5S2/c1-2-29-14-13-19(23-30(26,27)18-10-6-16(21)7-11-18)22-28-17-8-3-15(4-9-17)5-12-20(24)25/h3-4,6-11,19,22-23H,2,5,12-14,21H2,1H3,(H,24,25)/t19-/m0/s1. The molecule has 0 aliphatic heterocycles. The first-order valence-electron chi connectivity index (χ1n) is 9.49. The van der Waals surface area contributed by atoms with Gasteiger partial charge in [0.1, 0.15) is 11.9 Å². The summed E-state index contributed by atoms with van der Waals surface area (Å²) in [6, 6.07) is 12.9. The predicted octanol–water partition coefficient (Wildman–Crippen LogP) is 2.62. The molecule has 0 spiro atoms. The Labute approximate surface area is 181 Å². The molecule has 0 saturated carbocycles. The number of hydrogen-bond donors (Lipinski definition) is 4. The highest BCUT2D eigenvalue weighted by atomic mass is 32.2. The molecule has 2 aromatic carbocycles. The van der Waals surface area contributed by atoms with Crippen LogP contribution in [0, 0.1) is 0 Å². The number of nitrogen functional groups attached to an aromatic ring is 1. The lowest BCUT2D eigenvalue weighted by molar-refractivity contribution is -0.136. The van der Waals surface area contributed by atoms with Gasteiger partial charge in [-0.3, -0.25) is 4.79 Å².